The molecule has 0 N–H and O–H groups in total. The van der Waals surface area contributed by atoms with Gasteiger partial charge in [-0.2, -0.15) is 18.3 Å². The number of nitrogens with zero attached hydrogens (tertiary/aromatic N) is 6. The maximum atomic E-state index is 15.5. The van der Waals surface area contributed by atoms with Gasteiger partial charge >= 0.3 is 6.18 Å². The fraction of sp³-hybridized carbons (Fsp3) is 0.308. The van der Waals surface area contributed by atoms with Crippen LogP contribution in [0.2, 0.25) is 0 Å². The highest BCUT2D eigenvalue weighted by atomic mass is 19.4. The summed E-state index contributed by atoms with van der Waals surface area (Å²) in [6.07, 6.45) is 2.65. The average Bonchev–Trinajstić information content (AvgIpc) is 3.56. The first-order valence-corrected chi connectivity index (χ1v) is 11.7. The number of hydrogen-bond acceptors (Lipinski definition) is 5. The largest absolute Gasteiger partial charge is 0.416 e. The minimum Gasteiger partial charge on any atom is -0.347 e. The number of rotatable bonds is 7. The summed E-state index contributed by atoms with van der Waals surface area (Å²) < 4.78 is 56.1. The maximum Gasteiger partial charge on any atom is 0.416 e. The summed E-state index contributed by atoms with van der Waals surface area (Å²) in [6, 6.07) is 12.9. The van der Waals surface area contributed by atoms with Crippen LogP contribution >= 0.6 is 0 Å². The third kappa shape index (κ3) is 5.22. The van der Waals surface area contributed by atoms with Crippen LogP contribution < -0.4 is 4.90 Å². The van der Waals surface area contributed by atoms with Crippen LogP contribution in [0.1, 0.15) is 46.8 Å². The van der Waals surface area contributed by atoms with Crippen LogP contribution in [0.4, 0.5) is 23.4 Å². The molecule has 2 aromatic heterocycles. The van der Waals surface area contributed by atoms with Crippen molar-refractivity contribution in [1.29, 1.82) is 0 Å². The van der Waals surface area contributed by atoms with Gasteiger partial charge in [0.1, 0.15) is 19.0 Å². The molecule has 0 saturated carbocycles. The Kier molecular flexibility index (Phi) is 6.67. The molecule has 0 bridgehead atoms. The number of halogens is 4. The highest BCUT2D eigenvalue weighted by Gasteiger charge is 2.33. The lowest BCUT2D eigenvalue weighted by Crippen LogP contribution is -2.25. The average molecular weight is 497 g/mol. The van der Waals surface area contributed by atoms with Gasteiger partial charge in [0.15, 0.2) is 11.6 Å². The molecule has 0 spiro atoms. The van der Waals surface area contributed by atoms with Crippen LogP contribution in [0.15, 0.2) is 67.5 Å². The molecule has 6 nitrogen and oxygen atoms in total. The van der Waals surface area contributed by atoms with Crippen molar-refractivity contribution < 1.29 is 17.6 Å². The lowest BCUT2D eigenvalue weighted by atomic mass is 10.0. The van der Waals surface area contributed by atoms with E-state index in [0.29, 0.717) is 43.6 Å². The Morgan fingerprint density at radius 3 is 2.33 bits per heavy atom. The summed E-state index contributed by atoms with van der Waals surface area (Å²) >= 11 is 0. The van der Waals surface area contributed by atoms with E-state index in [1.165, 1.54) is 24.8 Å². The lowest BCUT2D eigenvalue weighted by molar-refractivity contribution is -0.137. The van der Waals surface area contributed by atoms with E-state index in [1.807, 2.05) is 29.2 Å². The Bertz CT molecular complexity index is 1290. The standard InChI is InChI=1S/C26H24F4N6/c27-24-22(12-7-18-3-5-19(6-4-18)14-35-17-31-15-34-35)32-16-33-25(24)36-13-1-2-23(36)20-8-10-21(11-9-20)26(28,29)30/h3-6,8-11,15-17,23H,1-2,7,12-14H2. The summed E-state index contributed by atoms with van der Waals surface area (Å²) in [5.41, 5.74) is 2.48. The number of hydrogen-bond donors (Lipinski definition) is 0. The zero-order chi connectivity index (χ0) is 25.1. The molecule has 1 aliphatic rings. The van der Waals surface area contributed by atoms with E-state index in [4.69, 9.17) is 0 Å². The minimum atomic E-state index is -4.39. The second-order valence-electron chi connectivity index (χ2n) is 8.84. The summed E-state index contributed by atoms with van der Waals surface area (Å²) in [5, 5.41) is 4.10. The Balaban J connectivity index is 1.28. The number of alkyl halides is 3. The first-order chi connectivity index (χ1) is 17.4. The topological polar surface area (TPSA) is 59.7 Å². The summed E-state index contributed by atoms with van der Waals surface area (Å²) in [4.78, 5) is 14.1. The van der Waals surface area contributed by atoms with Crippen molar-refractivity contribution in [3.8, 4) is 0 Å². The third-order valence-corrected chi connectivity index (χ3v) is 6.48. The molecule has 4 aromatic rings. The highest BCUT2D eigenvalue weighted by molar-refractivity contribution is 5.46. The molecule has 0 amide bonds. The molecule has 2 aromatic carbocycles. The van der Waals surface area contributed by atoms with Crippen LogP contribution in [0.5, 0.6) is 0 Å². The van der Waals surface area contributed by atoms with Gasteiger partial charge in [0.25, 0.3) is 0 Å². The lowest BCUT2D eigenvalue weighted by Gasteiger charge is -2.27. The van der Waals surface area contributed by atoms with E-state index in [1.54, 1.807) is 11.0 Å². The molecule has 5 rings (SSSR count). The molecule has 1 fully saturated rings. The quantitative estimate of drug-likeness (QED) is 0.321. The van der Waals surface area contributed by atoms with Crippen LogP contribution in [-0.4, -0.2) is 31.3 Å². The van der Waals surface area contributed by atoms with Crippen molar-refractivity contribution in [3.63, 3.8) is 0 Å². The van der Waals surface area contributed by atoms with Crippen LogP contribution in [0.3, 0.4) is 0 Å². The zero-order valence-electron chi connectivity index (χ0n) is 19.4. The van der Waals surface area contributed by atoms with Crippen molar-refractivity contribution in [2.24, 2.45) is 0 Å². The third-order valence-electron chi connectivity index (χ3n) is 6.48. The fourth-order valence-electron chi connectivity index (χ4n) is 4.61. The molecule has 1 saturated heterocycles. The number of aromatic nitrogens is 5. The van der Waals surface area contributed by atoms with Gasteiger partial charge in [-0.15, -0.1) is 0 Å². The van der Waals surface area contributed by atoms with E-state index in [0.717, 1.165) is 29.7 Å². The SMILES string of the molecule is Fc1c(CCc2ccc(Cn3cncn3)cc2)ncnc1N1CCCC1c1ccc(C(F)(F)F)cc1. The highest BCUT2D eigenvalue weighted by Crippen LogP contribution is 2.38. The predicted molar refractivity (Wildman–Crippen MR) is 126 cm³/mol. The molecule has 36 heavy (non-hydrogen) atoms. The van der Waals surface area contributed by atoms with Gasteiger partial charge < -0.3 is 4.90 Å². The molecular formula is C26H24F4N6. The van der Waals surface area contributed by atoms with Crippen LogP contribution in [-0.2, 0) is 25.6 Å². The Morgan fingerprint density at radius 2 is 1.64 bits per heavy atom. The van der Waals surface area contributed by atoms with Crippen molar-refractivity contribution in [3.05, 3.63) is 101 Å². The summed E-state index contributed by atoms with van der Waals surface area (Å²) in [7, 11) is 0. The molecule has 0 radical (unpaired) electrons. The Labute approximate surface area is 205 Å². The van der Waals surface area contributed by atoms with Gasteiger partial charge in [-0.1, -0.05) is 36.4 Å². The molecule has 186 valence electrons. The maximum absolute atomic E-state index is 15.5. The van der Waals surface area contributed by atoms with E-state index in [-0.39, 0.29) is 11.9 Å². The first-order valence-electron chi connectivity index (χ1n) is 11.7. The second-order valence-corrected chi connectivity index (χ2v) is 8.84. The van der Waals surface area contributed by atoms with E-state index >= 15 is 4.39 Å². The zero-order valence-corrected chi connectivity index (χ0v) is 19.4. The monoisotopic (exact) mass is 496 g/mol. The van der Waals surface area contributed by atoms with Crippen molar-refractivity contribution >= 4 is 5.82 Å². The van der Waals surface area contributed by atoms with Crippen LogP contribution in [0.25, 0.3) is 0 Å². The number of anilines is 1. The van der Waals surface area contributed by atoms with Gasteiger partial charge in [0.05, 0.1) is 23.8 Å². The summed E-state index contributed by atoms with van der Waals surface area (Å²) in [5.74, 6) is -0.273. The van der Waals surface area contributed by atoms with E-state index in [9.17, 15) is 13.2 Å². The smallest absolute Gasteiger partial charge is 0.347 e. The molecular weight excluding hydrogens is 472 g/mol. The Morgan fingerprint density at radius 1 is 0.889 bits per heavy atom. The molecule has 3 heterocycles. The van der Waals surface area contributed by atoms with Gasteiger partial charge in [-0.05, 0) is 54.5 Å². The molecule has 1 aliphatic heterocycles. The summed E-state index contributed by atoms with van der Waals surface area (Å²) in [6.45, 7) is 1.20. The number of aryl methyl sites for hydroxylation is 2. The fourth-order valence-corrected chi connectivity index (χ4v) is 4.61. The Hall–Kier alpha value is -3.82. The van der Waals surface area contributed by atoms with Crippen molar-refractivity contribution in [1.82, 2.24) is 24.7 Å². The van der Waals surface area contributed by atoms with Crippen molar-refractivity contribution in [2.75, 3.05) is 11.4 Å². The van der Waals surface area contributed by atoms with Gasteiger partial charge in [-0.25, -0.2) is 24.0 Å². The van der Waals surface area contributed by atoms with Crippen molar-refractivity contribution in [2.45, 2.75) is 44.4 Å². The molecule has 0 aliphatic carbocycles. The molecule has 1 atom stereocenters. The minimum absolute atomic E-state index is 0.200. The number of benzene rings is 2. The van der Waals surface area contributed by atoms with Gasteiger partial charge in [-0.3, -0.25) is 0 Å². The van der Waals surface area contributed by atoms with E-state index < -0.39 is 17.6 Å². The van der Waals surface area contributed by atoms with Gasteiger partial charge in [0, 0.05) is 6.54 Å². The molecule has 10 heteroatoms. The second kappa shape index (κ2) is 10.0. The predicted octanol–water partition coefficient (Wildman–Crippen LogP) is 5.40. The van der Waals surface area contributed by atoms with Gasteiger partial charge in [0.2, 0.25) is 0 Å². The first kappa shape index (κ1) is 23.9. The normalized spacial score (nSPS) is 16.0. The van der Waals surface area contributed by atoms with Crippen LogP contribution in [0, 0.1) is 5.82 Å². The molecule has 1 unspecified atom stereocenters. The van der Waals surface area contributed by atoms with E-state index in [2.05, 4.69) is 20.1 Å².